The number of para-hydroxylation sites is 7. The SMILES string of the molecule is c1ccc(-c2cccc(-c3ccccc3)c2N2c3cc4c(cc3B3c5ccccc5N(c5ccccc5)c5cc(N(c6ccccc6)c6ccccc6)cc2c53)B2c3ccccc3N(c3cccc5sc6ccccc6c35)c3cc(N(c5ccccc5)c5cccc6c5sc5ccccc56)cc(c32)O4)cc1. The van der Waals surface area contributed by atoms with Gasteiger partial charge in [0, 0.05) is 116 Å². The maximum Gasteiger partial charge on any atom is 0.256 e. The van der Waals surface area contributed by atoms with Crippen molar-refractivity contribution in [1.82, 2.24) is 0 Å². The monoisotopic (exact) mass is 1390 g/mol. The number of thiophene rings is 2. The molecule has 106 heavy (non-hydrogen) atoms. The topological polar surface area (TPSA) is 25.4 Å². The highest BCUT2D eigenvalue weighted by molar-refractivity contribution is 7.26. The highest BCUT2D eigenvalue weighted by Gasteiger charge is 2.49. The summed E-state index contributed by atoms with van der Waals surface area (Å²) in [6.45, 7) is -0.523. The molecule has 0 atom stereocenters. The molecule has 2 aromatic heterocycles. The van der Waals surface area contributed by atoms with Gasteiger partial charge in [0.1, 0.15) is 11.5 Å². The van der Waals surface area contributed by atoms with E-state index in [4.69, 9.17) is 4.74 Å². The van der Waals surface area contributed by atoms with Gasteiger partial charge >= 0.3 is 0 Å². The van der Waals surface area contributed by atoms with E-state index in [-0.39, 0.29) is 13.4 Å². The van der Waals surface area contributed by atoms with Gasteiger partial charge in [-0.2, -0.15) is 0 Å². The Morgan fingerprint density at radius 2 is 0.745 bits per heavy atom. The smallest absolute Gasteiger partial charge is 0.256 e. The molecule has 10 heteroatoms. The molecule has 0 bridgehead atoms. The molecule has 0 N–H and O–H groups in total. The first-order chi connectivity index (χ1) is 52.6. The summed E-state index contributed by atoms with van der Waals surface area (Å²) in [5, 5.41) is 4.96. The third kappa shape index (κ3) is 9.31. The van der Waals surface area contributed by atoms with Crippen LogP contribution in [0.25, 0.3) is 62.6 Å². The van der Waals surface area contributed by atoms with Crippen LogP contribution in [-0.4, -0.2) is 13.4 Å². The van der Waals surface area contributed by atoms with Crippen LogP contribution in [0.4, 0.5) is 85.3 Å². The number of anilines is 15. The second-order valence-corrected chi connectivity index (χ2v) is 29.9. The van der Waals surface area contributed by atoms with Crippen LogP contribution >= 0.6 is 22.7 Å². The van der Waals surface area contributed by atoms with E-state index in [0.717, 1.165) is 130 Å². The van der Waals surface area contributed by atoms with Crippen molar-refractivity contribution in [1.29, 1.82) is 0 Å². The molecule has 0 fully saturated rings. The minimum Gasteiger partial charge on any atom is -0.458 e. The van der Waals surface area contributed by atoms with Crippen LogP contribution in [-0.2, 0) is 0 Å². The van der Waals surface area contributed by atoms with Crippen LogP contribution in [0.1, 0.15) is 0 Å². The molecule has 6 heterocycles. The van der Waals surface area contributed by atoms with Gasteiger partial charge in [0.15, 0.2) is 0 Å². The molecular weight excluding hydrogens is 1320 g/mol. The number of rotatable bonds is 11. The molecule has 0 radical (unpaired) electrons. The van der Waals surface area contributed by atoms with Gasteiger partial charge in [-0.3, -0.25) is 0 Å². The van der Waals surface area contributed by atoms with Crippen LogP contribution in [0.3, 0.4) is 0 Å². The quantitative estimate of drug-likeness (QED) is 0.120. The van der Waals surface area contributed by atoms with E-state index in [0.29, 0.717) is 0 Å². The zero-order chi connectivity index (χ0) is 69.5. The molecule has 4 aliphatic heterocycles. The van der Waals surface area contributed by atoms with E-state index in [1.165, 1.54) is 62.2 Å². The Labute approximate surface area is 623 Å². The zero-order valence-electron chi connectivity index (χ0n) is 57.3. The van der Waals surface area contributed by atoms with Gasteiger partial charge in [-0.1, -0.05) is 249 Å². The van der Waals surface area contributed by atoms with Gasteiger partial charge < -0.3 is 29.2 Å². The molecule has 0 unspecified atom stereocenters. The molecule has 16 aromatic carbocycles. The van der Waals surface area contributed by atoms with Crippen molar-refractivity contribution >= 4 is 195 Å². The van der Waals surface area contributed by atoms with Crippen LogP contribution in [0.15, 0.2) is 370 Å². The van der Waals surface area contributed by atoms with Crippen molar-refractivity contribution in [2.24, 2.45) is 0 Å². The Bertz CT molecular complexity index is 6460. The number of hydrogen-bond acceptors (Lipinski definition) is 8. The first-order valence-electron chi connectivity index (χ1n) is 36.3. The van der Waals surface area contributed by atoms with Gasteiger partial charge in [0.05, 0.1) is 33.1 Å². The van der Waals surface area contributed by atoms with E-state index in [1.807, 2.05) is 22.7 Å². The lowest BCUT2D eigenvalue weighted by atomic mass is 9.30. The van der Waals surface area contributed by atoms with Crippen molar-refractivity contribution in [3.8, 4) is 33.8 Å². The fourth-order valence-electron chi connectivity index (χ4n) is 17.7. The van der Waals surface area contributed by atoms with E-state index in [2.05, 4.69) is 395 Å². The van der Waals surface area contributed by atoms with Crippen molar-refractivity contribution in [3.63, 3.8) is 0 Å². The number of hydrogen-bond donors (Lipinski definition) is 0. The van der Waals surface area contributed by atoms with Crippen molar-refractivity contribution in [2.75, 3.05) is 24.5 Å². The summed E-state index contributed by atoms with van der Waals surface area (Å²) in [5.74, 6) is 1.61. The van der Waals surface area contributed by atoms with E-state index < -0.39 is 0 Å². The molecule has 494 valence electrons. The lowest BCUT2D eigenvalue weighted by molar-refractivity contribution is 0.488. The molecule has 0 amide bonds. The summed E-state index contributed by atoms with van der Waals surface area (Å²) in [7, 11) is 0. The normalized spacial score (nSPS) is 12.9. The maximum atomic E-state index is 8.17. The van der Waals surface area contributed by atoms with Gasteiger partial charge in [-0.05, 0) is 153 Å². The summed E-state index contributed by atoms with van der Waals surface area (Å²) in [5.41, 5.74) is 27.6. The summed E-state index contributed by atoms with van der Waals surface area (Å²) in [6.07, 6.45) is 0. The van der Waals surface area contributed by atoms with Crippen molar-refractivity contribution in [3.05, 3.63) is 370 Å². The highest BCUT2D eigenvalue weighted by atomic mass is 32.1. The van der Waals surface area contributed by atoms with Crippen molar-refractivity contribution < 1.29 is 4.74 Å². The Hall–Kier alpha value is -13.1. The number of ether oxygens (including phenoxy) is 1. The Morgan fingerprint density at radius 1 is 0.274 bits per heavy atom. The van der Waals surface area contributed by atoms with E-state index >= 15 is 0 Å². The third-order valence-electron chi connectivity index (χ3n) is 22.0. The summed E-state index contributed by atoms with van der Waals surface area (Å²) >= 11 is 3.71. The summed E-state index contributed by atoms with van der Waals surface area (Å²) in [6, 6.07) is 137. The van der Waals surface area contributed by atoms with Crippen LogP contribution in [0.5, 0.6) is 11.5 Å². The third-order valence-corrected chi connectivity index (χ3v) is 24.3. The molecule has 18 aromatic rings. The second kappa shape index (κ2) is 24.3. The summed E-state index contributed by atoms with van der Waals surface area (Å²) in [4.78, 5) is 12.6. The molecule has 0 saturated carbocycles. The van der Waals surface area contributed by atoms with Gasteiger partial charge in [0.25, 0.3) is 13.4 Å². The zero-order valence-corrected chi connectivity index (χ0v) is 59.0. The second-order valence-electron chi connectivity index (χ2n) is 27.8. The molecule has 4 aliphatic rings. The average Bonchev–Trinajstić information content (AvgIpc) is 0.816. The highest BCUT2D eigenvalue weighted by Crippen LogP contribution is 2.56. The first kappa shape index (κ1) is 60.5. The fourth-order valence-corrected chi connectivity index (χ4v) is 20.0. The Balaban J connectivity index is 0.864. The predicted octanol–water partition coefficient (Wildman–Crippen LogP) is 23.2. The number of benzene rings is 16. The molecule has 0 saturated heterocycles. The van der Waals surface area contributed by atoms with Gasteiger partial charge in [-0.25, -0.2) is 0 Å². The largest absolute Gasteiger partial charge is 0.458 e. The van der Waals surface area contributed by atoms with Crippen LogP contribution in [0.2, 0.25) is 0 Å². The van der Waals surface area contributed by atoms with Crippen LogP contribution in [0, 0.1) is 0 Å². The van der Waals surface area contributed by atoms with E-state index in [9.17, 15) is 0 Å². The minimum atomic E-state index is -0.270. The Morgan fingerprint density at radius 3 is 1.40 bits per heavy atom. The molecule has 0 spiro atoms. The molecular formula is C96H61B2N5OS2. The standard InChI is InChI=1S/C96H61B2N5OS2/c1-7-30-62(31-8-1)70-44-27-45-71(63-32-9-2-10-33-63)95(70)103-83-61-87-78(60-77(83)97-75-47-21-23-49-79(75)101(67-40-17-6-18-41-67)84-56-68(57-85(103)93(84)97)99(64-34-11-3-12-35-64)65-36-13-4-14-37-65)98-76-48-22-24-50-80(76)102(81-51-29-55-91-92(81)74-43-20-26-54-90(74)105-91)86-58-69(59-88(104-87)94(86)98)100(66-38-15-5-16-39-66)82-52-28-46-73-72-42-19-25-53-89(72)106-96(73)82/h1-61H. The number of nitrogens with zero attached hydrogens (tertiary/aromatic N) is 5. The minimum absolute atomic E-state index is 0.253. The maximum absolute atomic E-state index is 8.17. The first-order valence-corrected chi connectivity index (χ1v) is 37.9. The average molecular weight is 1390 g/mol. The molecule has 22 rings (SSSR count). The predicted molar refractivity (Wildman–Crippen MR) is 452 cm³/mol. The Kier molecular flexibility index (Phi) is 13.8. The van der Waals surface area contributed by atoms with Gasteiger partial charge in [-0.15, -0.1) is 22.7 Å². The fraction of sp³-hybridized carbons (Fsp3) is 0. The number of fused-ring (bicyclic) bond motifs is 14. The molecule has 0 aliphatic carbocycles. The summed E-state index contributed by atoms with van der Waals surface area (Å²) < 4.78 is 13.1. The van der Waals surface area contributed by atoms with Gasteiger partial charge in [0.2, 0.25) is 0 Å². The van der Waals surface area contributed by atoms with Crippen molar-refractivity contribution in [2.45, 2.75) is 0 Å². The molecule has 6 nitrogen and oxygen atoms in total. The van der Waals surface area contributed by atoms with E-state index in [1.54, 1.807) is 0 Å². The lowest BCUT2D eigenvalue weighted by Crippen LogP contribution is -2.64. The van der Waals surface area contributed by atoms with Crippen LogP contribution < -0.4 is 62.0 Å². The lowest BCUT2D eigenvalue weighted by Gasteiger charge is -2.46.